The maximum atomic E-state index is 10.4. The van der Waals surface area contributed by atoms with Gasteiger partial charge in [0.05, 0.1) is 11.9 Å². The van der Waals surface area contributed by atoms with E-state index < -0.39 is 6.03 Å². The summed E-state index contributed by atoms with van der Waals surface area (Å²) in [7, 11) is 0. The largest absolute Gasteiger partial charge is 0.397 e. The predicted molar refractivity (Wildman–Crippen MR) is 46.6 cm³/mol. The van der Waals surface area contributed by atoms with Crippen molar-refractivity contribution in [2.75, 3.05) is 11.1 Å². The zero-order chi connectivity index (χ0) is 9.14. The standard InChI is InChI=1S/C7H10N4O/c1-4-2-6(11-7(9)12)10-3-5(4)8/h2-3H,8H2,1H3,(H3,9,10,11,12). The summed E-state index contributed by atoms with van der Waals surface area (Å²) in [6.45, 7) is 1.82. The molecule has 5 N–H and O–H groups in total. The Balaban J connectivity index is 2.89. The van der Waals surface area contributed by atoms with Crippen LogP contribution >= 0.6 is 0 Å². The Morgan fingerprint density at radius 3 is 2.83 bits per heavy atom. The van der Waals surface area contributed by atoms with E-state index in [1.54, 1.807) is 6.07 Å². The van der Waals surface area contributed by atoms with Gasteiger partial charge in [0.25, 0.3) is 0 Å². The van der Waals surface area contributed by atoms with Gasteiger partial charge in [-0.25, -0.2) is 9.78 Å². The summed E-state index contributed by atoms with van der Waals surface area (Å²) in [5, 5.41) is 2.35. The second-order valence-electron chi connectivity index (χ2n) is 2.42. The Morgan fingerprint density at radius 1 is 1.67 bits per heavy atom. The number of hydrogen-bond acceptors (Lipinski definition) is 3. The number of rotatable bonds is 1. The molecular formula is C7H10N4O. The number of carbonyl (C=O) groups excluding carboxylic acids is 1. The number of aryl methyl sites for hydroxylation is 1. The first-order valence-electron chi connectivity index (χ1n) is 3.38. The van der Waals surface area contributed by atoms with Gasteiger partial charge in [0.2, 0.25) is 0 Å². The summed E-state index contributed by atoms with van der Waals surface area (Å²) in [5.74, 6) is 0.411. The quantitative estimate of drug-likeness (QED) is 0.565. The molecule has 0 atom stereocenters. The normalized spacial score (nSPS) is 9.42. The Morgan fingerprint density at radius 2 is 2.33 bits per heavy atom. The number of hydrogen-bond donors (Lipinski definition) is 3. The van der Waals surface area contributed by atoms with Crippen LogP contribution < -0.4 is 16.8 Å². The molecule has 0 unspecified atom stereocenters. The molecule has 0 bridgehead atoms. The molecule has 0 aliphatic heterocycles. The van der Waals surface area contributed by atoms with Crippen LogP contribution in [0.15, 0.2) is 12.3 Å². The first kappa shape index (κ1) is 8.32. The summed E-state index contributed by atoms with van der Waals surface area (Å²) >= 11 is 0. The summed E-state index contributed by atoms with van der Waals surface area (Å²) < 4.78 is 0. The van der Waals surface area contributed by atoms with Crippen molar-refractivity contribution in [3.63, 3.8) is 0 Å². The smallest absolute Gasteiger partial charge is 0.317 e. The van der Waals surface area contributed by atoms with Crippen molar-refractivity contribution in [3.8, 4) is 0 Å². The minimum absolute atomic E-state index is 0.411. The van der Waals surface area contributed by atoms with E-state index in [0.717, 1.165) is 5.56 Å². The van der Waals surface area contributed by atoms with Gasteiger partial charge in [0.1, 0.15) is 5.82 Å². The minimum Gasteiger partial charge on any atom is -0.397 e. The Labute approximate surface area is 69.8 Å². The van der Waals surface area contributed by atoms with Gasteiger partial charge in [0, 0.05) is 0 Å². The third-order valence-corrected chi connectivity index (χ3v) is 1.40. The van der Waals surface area contributed by atoms with E-state index in [1.807, 2.05) is 6.92 Å². The van der Waals surface area contributed by atoms with E-state index in [9.17, 15) is 4.79 Å². The number of carbonyl (C=O) groups is 1. The second-order valence-corrected chi connectivity index (χ2v) is 2.42. The maximum Gasteiger partial charge on any atom is 0.317 e. The molecule has 1 aromatic heterocycles. The number of primary amides is 1. The lowest BCUT2D eigenvalue weighted by molar-refractivity contribution is 0.259. The molecule has 2 amide bonds. The lowest BCUT2D eigenvalue weighted by Gasteiger charge is -2.03. The molecule has 0 fully saturated rings. The van der Waals surface area contributed by atoms with Crippen LogP contribution in [0.25, 0.3) is 0 Å². The molecule has 12 heavy (non-hydrogen) atoms. The summed E-state index contributed by atoms with van der Waals surface area (Å²) in [6.07, 6.45) is 1.47. The molecule has 1 aromatic rings. The van der Waals surface area contributed by atoms with Gasteiger partial charge in [-0.3, -0.25) is 5.32 Å². The van der Waals surface area contributed by atoms with Crippen molar-refractivity contribution in [1.29, 1.82) is 0 Å². The van der Waals surface area contributed by atoms with Crippen molar-refractivity contribution in [2.24, 2.45) is 5.73 Å². The van der Waals surface area contributed by atoms with Gasteiger partial charge in [-0.2, -0.15) is 0 Å². The Bertz CT molecular complexity index is 310. The van der Waals surface area contributed by atoms with Gasteiger partial charge in [0.15, 0.2) is 0 Å². The van der Waals surface area contributed by atoms with Crippen molar-refractivity contribution in [2.45, 2.75) is 6.92 Å². The van der Waals surface area contributed by atoms with Crippen LogP contribution in [0, 0.1) is 6.92 Å². The minimum atomic E-state index is -0.633. The van der Waals surface area contributed by atoms with Crippen LogP contribution in [-0.4, -0.2) is 11.0 Å². The highest BCUT2D eigenvalue weighted by molar-refractivity contribution is 5.86. The van der Waals surface area contributed by atoms with Gasteiger partial charge in [-0.05, 0) is 18.6 Å². The molecule has 1 heterocycles. The van der Waals surface area contributed by atoms with Crippen LogP contribution in [0.5, 0.6) is 0 Å². The molecule has 1 rings (SSSR count). The first-order chi connectivity index (χ1) is 5.59. The van der Waals surface area contributed by atoms with Crippen LogP contribution in [0.2, 0.25) is 0 Å². The third kappa shape index (κ3) is 1.85. The molecule has 0 aromatic carbocycles. The summed E-state index contributed by atoms with van der Waals surface area (Å²) in [5.41, 5.74) is 11.8. The molecule has 64 valence electrons. The van der Waals surface area contributed by atoms with Gasteiger partial charge < -0.3 is 11.5 Å². The highest BCUT2D eigenvalue weighted by atomic mass is 16.2. The topological polar surface area (TPSA) is 94.0 Å². The third-order valence-electron chi connectivity index (χ3n) is 1.40. The predicted octanol–water partition coefficient (Wildman–Crippen LogP) is 0.463. The van der Waals surface area contributed by atoms with Gasteiger partial charge in [-0.1, -0.05) is 0 Å². The van der Waals surface area contributed by atoms with E-state index in [1.165, 1.54) is 6.20 Å². The van der Waals surface area contributed by atoms with Crippen LogP contribution in [0.4, 0.5) is 16.3 Å². The van der Waals surface area contributed by atoms with E-state index in [4.69, 9.17) is 11.5 Å². The lowest BCUT2D eigenvalue weighted by Crippen LogP contribution is -2.20. The molecule has 0 saturated carbocycles. The maximum absolute atomic E-state index is 10.4. The zero-order valence-electron chi connectivity index (χ0n) is 6.66. The molecule has 0 saturated heterocycles. The number of nitrogens with zero attached hydrogens (tertiary/aromatic N) is 1. The number of nitrogens with one attached hydrogen (secondary N) is 1. The van der Waals surface area contributed by atoms with Crippen molar-refractivity contribution in [3.05, 3.63) is 17.8 Å². The van der Waals surface area contributed by atoms with Crippen LogP contribution in [0.3, 0.4) is 0 Å². The lowest BCUT2D eigenvalue weighted by atomic mass is 10.2. The molecule has 0 radical (unpaired) electrons. The van der Waals surface area contributed by atoms with Gasteiger partial charge >= 0.3 is 6.03 Å². The Kier molecular flexibility index (Phi) is 2.14. The average Bonchev–Trinajstić information content (AvgIpc) is 1.96. The number of amides is 2. The number of aromatic nitrogens is 1. The van der Waals surface area contributed by atoms with Crippen molar-refractivity contribution >= 4 is 17.5 Å². The molecule has 0 aliphatic carbocycles. The van der Waals surface area contributed by atoms with Gasteiger partial charge in [-0.15, -0.1) is 0 Å². The highest BCUT2D eigenvalue weighted by Gasteiger charge is 1.99. The van der Waals surface area contributed by atoms with Crippen LogP contribution in [-0.2, 0) is 0 Å². The van der Waals surface area contributed by atoms with E-state index in [0.29, 0.717) is 11.5 Å². The fourth-order valence-electron chi connectivity index (χ4n) is 0.761. The van der Waals surface area contributed by atoms with Crippen molar-refractivity contribution in [1.82, 2.24) is 4.98 Å². The molecule has 0 aliphatic rings. The SMILES string of the molecule is Cc1cc(NC(N)=O)ncc1N. The monoisotopic (exact) mass is 166 g/mol. The number of nitrogens with two attached hydrogens (primary N) is 2. The number of nitrogen functional groups attached to an aromatic ring is 1. The number of urea groups is 1. The van der Waals surface area contributed by atoms with E-state index in [2.05, 4.69) is 10.3 Å². The molecular weight excluding hydrogens is 156 g/mol. The summed E-state index contributed by atoms with van der Waals surface area (Å²) in [4.78, 5) is 14.2. The molecule has 5 heteroatoms. The average molecular weight is 166 g/mol. The van der Waals surface area contributed by atoms with Crippen LogP contribution in [0.1, 0.15) is 5.56 Å². The Hall–Kier alpha value is -1.78. The van der Waals surface area contributed by atoms with Crippen molar-refractivity contribution < 1.29 is 4.79 Å². The molecule has 0 spiro atoms. The number of pyridine rings is 1. The van der Waals surface area contributed by atoms with E-state index in [-0.39, 0.29) is 0 Å². The van der Waals surface area contributed by atoms with E-state index >= 15 is 0 Å². The number of anilines is 2. The fourth-order valence-corrected chi connectivity index (χ4v) is 0.761. The molecule has 5 nitrogen and oxygen atoms in total. The highest BCUT2D eigenvalue weighted by Crippen LogP contribution is 2.12. The first-order valence-corrected chi connectivity index (χ1v) is 3.38. The summed E-state index contributed by atoms with van der Waals surface area (Å²) in [6, 6.07) is 1.02. The zero-order valence-corrected chi connectivity index (χ0v) is 6.66. The fraction of sp³-hybridized carbons (Fsp3) is 0.143. The second kappa shape index (κ2) is 3.08.